The number of nitrogens with zero attached hydrogens (tertiary/aromatic N) is 1. The number of carboxylic acids is 1. The van der Waals surface area contributed by atoms with Crippen LogP contribution in [0.2, 0.25) is 0 Å². The Morgan fingerprint density at radius 1 is 1.61 bits per heavy atom. The number of benzene rings is 1. The van der Waals surface area contributed by atoms with E-state index in [-0.39, 0.29) is 11.7 Å². The molecule has 0 amide bonds. The van der Waals surface area contributed by atoms with Crippen LogP contribution in [0.3, 0.4) is 0 Å². The van der Waals surface area contributed by atoms with Crippen molar-refractivity contribution in [3.8, 4) is 0 Å². The second kappa shape index (κ2) is 5.27. The van der Waals surface area contributed by atoms with Crippen LogP contribution in [-0.4, -0.2) is 37.4 Å². The van der Waals surface area contributed by atoms with Gasteiger partial charge in [0.05, 0.1) is 23.0 Å². The summed E-state index contributed by atoms with van der Waals surface area (Å²) in [6.07, 6.45) is 2.24. The maximum atomic E-state index is 11.2. The highest BCUT2D eigenvalue weighted by molar-refractivity contribution is 5.97. The Kier molecular flexibility index (Phi) is 3.72. The van der Waals surface area contributed by atoms with Crippen LogP contribution in [0.5, 0.6) is 0 Å². The van der Waals surface area contributed by atoms with Gasteiger partial charge in [0, 0.05) is 20.2 Å². The minimum atomic E-state index is -0.962. The van der Waals surface area contributed by atoms with Gasteiger partial charge in [-0.15, -0.1) is 0 Å². The van der Waals surface area contributed by atoms with Gasteiger partial charge >= 0.3 is 5.97 Å². The molecule has 1 atom stereocenters. The van der Waals surface area contributed by atoms with Crippen molar-refractivity contribution < 1.29 is 14.6 Å². The number of carboxylic acid groups (broad SMARTS) is 1. The molecular weight excluding hydrogens is 232 g/mol. The van der Waals surface area contributed by atoms with Crippen molar-refractivity contribution in [1.82, 2.24) is 0 Å². The molecule has 1 saturated heterocycles. The first-order valence-corrected chi connectivity index (χ1v) is 6.04. The first-order chi connectivity index (χ1) is 8.59. The minimum absolute atomic E-state index is 0.163. The summed E-state index contributed by atoms with van der Waals surface area (Å²) in [6.45, 7) is 1.45. The third-order valence-corrected chi connectivity index (χ3v) is 3.18. The van der Waals surface area contributed by atoms with Crippen LogP contribution < -0.4 is 10.6 Å². The molecule has 0 spiro atoms. The highest BCUT2D eigenvalue weighted by Crippen LogP contribution is 2.28. The molecule has 1 heterocycles. The largest absolute Gasteiger partial charge is 0.478 e. The Morgan fingerprint density at radius 3 is 3.00 bits per heavy atom. The van der Waals surface area contributed by atoms with Crippen LogP contribution in [0.4, 0.5) is 11.4 Å². The summed E-state index contributed by atoms with van der Waals surface area (Å²) < 4.78 is 5.56. The summed E-state index contributed by atoms with van der Waals surface area (Å²) in [6, 6.07) is 4.94. The monoisotopic (exact) mass is 250 g/mol. The number of ether oxygens (including phenoxy) is 1. The van der Waals surface area contributed by atoms with E-state index in [0.717, 1.165) is 19.4 Å². The molecule has 1 aromatic rings. The van der Waals surface area contributed by atoms with Crippen molar-refractivity contribution in [2.75, 3.05) is 30.8 Å². The first-order valence-electron chi connectivity index (χ1n) is 6.04. The molecule has 1 aliphatic heterocycles. The molecule has 0 bridgehead atoms. The van der Waals surface area contributed by atoms with Crippen LogP contribution >= 0.6 is 0 Å². The molecule has 18 heavy (non-hydrogen) atoms. The van der Waals surface area contributed by atoms with Crippen molar-refractivity contribution >= 4 is 17.3 Å². The summed E-state index contributed by atoms with van der Waals surface area (Å²) in [7, 11) is 1.85. The standard InChI is InChI=1S/C13H18N2O3/c1-15(8-9-4-3-7-18-9)12-10(13(16)17)5-2-6-11(12)14/h2,5-6,9H,3-4,7-8,14H2,1H3,(H,16,17). The van der Waals surface area contributed by atoms with Gasteiger partial charge in [0.2, 0.25) is 0 Å². The van der Waals surface area contributed by atoms with Crippen molar-refractivity contribution in [3.63, 3.8) is 0 Å². The van der Waals surface area contributed by atoms with Gasteiger partial charge in [-0.25, -0.2) is 4.79 Å². The molecule has 5 heteroatoms. The summed E-state index contributed by atoms with van der Waals surface area (Å²) in [5.74, 6) is -0.962. The number of hydrogen-bond donors (Lipinski definition) is 2. The molecule has 0 aliphatic carbocycles. The van der Waals surface area contributed by atoms with Gasteiger partial charge in [0.1, 0.15) is 0 Å². The van der Waals surface area contributed by atoms with E-state index in [2.05, 4.69) is 0 Å². The highest BCUT2D eigenvalue weighted by atomic mass is 16.5. The van der Waals surface area contributed by atoms with Gasteiger partial charge in [0.25, 0.3) is 0 Å². The van der Waals surface area contributed by atoms with Gasteiger partial charge in [-0.2, -0.15) is 0 Å². The van der Waals surface area contributed by atoms with E-state index < -0.39 is 5.97 Å². The summed E-state index contributed by atoms with van der Waals surface area (Å²) in [5.41, 5.74) is 7.17. The molecule has 5 nitrogen and oxygen atoms in total. The van der Waals surface area contributed by atoms with E-state index in [0.29, 0.717) is 17.9 Å². The van der Waals surface area contributed by atoms with Crippen molar-refractivity contribution in [2.24, 2.45) is 0 Å². The Hall–Kier alpha value is -1.75. The molecule has 0 saturated carbocycles. The number of para-hydroxylation sites is 1. The van der Waals surface area contributed by atoms with E-state index in [9.17, 15) is 9.90 Å². The second-order valence-electron chi connectivity index (χ2n) is 4.56. The quantitative estimate of drug-likeness (QED) is 0.793. The minimum Gasteiger partial charge on any atom is -0.478 e. The molecule has 1 aliphatic rings. The number of nitrogen functional groups attached to an aromatic ring is 1. The molecule has 0 aromatic heterocycles. The van der Waals surface area contributed by atoms with E-state index in [1.165, 1.54) is 0 Å². The Labute approximate surface area is 106 Å². The molecule has 98 valence electrons. The smallest absolute Gasteiger partial charge is 0.337 e. The second-order valence-corrected chi connectivity index (χ2v) is 4.56. The zero-order valence-electron chi connectivity index (χ0n) is 10.4. The SMILES string of the molecule is CN(CC1CCCO1)c1c(N)cccc1C(=O)O. The normalized spacial score (nSPS) is 18.8. The summed E-state index contributed by atoms with van der Waals surface area (Å²) in [5, 5.41) is 9.19. The lowest BCUT2D eigenvalue weighted by Crippen LogP contribution is -2.30. The predicted octanol–water partition coefficient (Wildman–Crippen LogP) is 1.58. The Balaban J connectivity index is 2.22. The van der Waals surface area contributed by atoms with Crippen molar-refractivity contribution in [1.29, 1.82) is 0 Å². The number of nitrogens with two attached hydrogens (primary N) is 1. The average molecular weight is 250 g/mol. The fraction of sp³-hybridized carbons (Fsp3) is 0.462. The maximum Gasteiger partial charge on any atom is 0.337 e. The summed E-state index contributed by atoms with van der Waals surface area (Å²) in [4.78, 5) is 13.1. The number of rotatable bonds is 4. The van der Waals surface area contributed by atoms with E-state index in [1.807, 2.05) is 11.9 Å². The molecule has 1 aromatic carbocycles. The number of carbonyl (C=O) groups is 1. The van der Waals surface area contributed by atoms with Crippen molar-refractivity contribution in [3.05, 3.63) is 23.8 Å². The topological polar surface area (TPSA) is 75.8 Å². The van der Waals surface area contributed by atoms with Gasteiger partial charge in [0.15, 0.2) is 0 Å². The van der Waals surface area contributed by atoms with Gasteiger partial charge in [-0.05, 0) is 25.0 Å². The van der Waals surface area contributed by atoms with E-state index in [4.69, 9.17) is 10.5 Å². The predicted molar refractivity (Wildman–Crippen MR) is 70.1 cm³/mol. The van der Waals surface area contributed by atoms with Gasteiger partial charge in [-0.3, -0.25) is 0 Å². The maximum absolute atomic E-state index is 11.2. The molecule has 3 N–H and O–H groups in total. The van der Waals surface area contributed by atoms with Crippen LogP contribution in [0.25, 0.3) is 0 Å². The fourth-order valence-corrected chi connectivity index (χ4v) is 2.35. The lowest BCUT2D eigenvalue weighted by Gasteiger charge is -2.25. The third-order valence-electron chi connectivity index (χ3n) is 3.18. The van der Waals surface area contributed by atoms with E-state index in [1.54, 1.807) is 18.2 Å². The van der Waals surface area contributed by atoms with E-state index >= 15 is 0 Å². The van der Waals surface area contributed by atoms with Crippen LogP contribution in [0, 0.1) is 0 Å². The molecular formula is C13H18N2O3. The molecule has 0 radical (unpaired) electrons. The lowest BCUT2D eigenvalue weighted by atomic mass is 10.1. The Morgan fingerprint density at radius 2 is 2.39 bits per heavy atom. The van der Waals surface area contributed by atoms with Crippen molar-refractivity contribution in [2.45, 2.75) is 18.9 Å². The lowest BCUT2D eigenvalue weighted by molar-refractivity contribution is 0.0697. The molecule has 2 rings (SSSR count). The zero-order chi connectivity index (χ0) is 13.1. The summed E-state index contributed by atoms with van der Waals surface area (Å²) >= 11 is 0. The number of likely N-dealkylation sites (N-methyl/N-ethyl adjacent to an activating group) is 1. The van der Waals surface area contributed by atoms with Gasteiger partial charge in [-0.1, -0.05) is 6.07 Å². The van der Waals surface area contributed by atoms with Gasteiger partial charge < -0.3 is 20.5 Å². The zero-order valence-corrected chi connectivity index (χ0v) is 10.4. The average Bonchev–Trinajstić information content (AvgIpc) is 2.81. The fourth-order valence-electron chi connectivity index (χ4n) is 2.35. The molecule has 1 fully saturated rings. The van der Waals surface area contributed by atoms with Crippen LogP contribution in [0.15, 0.2) is 18.2 Å². The number of hydrogen-bond acceptors (Lipinski definition) is 4. The first kappa shape index (κ1) is 12.7. The number of aromatic carboxylic acids is 1. The Bertz CT molecular complexity index is 442. The number of anilines is 2. The highest BCUT2D eigenvalue weighted by Gasteiger charge is 2.21. The molecule has 1 unspecified atom stereocenters. The third kappa shape index (κ3) is 2.56. The van der Waals surface area contributed by atoms with Crippen LogP contribution in [-0.2, 0) is 4.74 Å². The van der Waals surface area contributed by atoms with Crippen LogP contribution in [0.1, 0.15) is 23.2 Å².